The first-order chi connectivity index (χ1) is 16.1. The second-order valence-corrected chi connectivity index (χ2v) is 7.69. The highest BCUT2D eigenvalue weighted by atomic mass is 16.3. The van der Waals surface area contributed by atoms with Gasteiger partial charge in [-0.15, -0.1) is 0 Å². The van der Waals surface area contributed by atoms with Crippen LogP contribution in [-0.2, 0) is 17.8 Å². The minimum Gasteiger partial charge on any atom is -0.451 e. The van der Waals surface area contributed by atoms with Crippen LogP contribution in [0.2, 0.25) is 0 Å². The Kier molecular flexibility index (Phi) is 5.36. The highest BCUT2D eigenvalue weighted by Crippen LogP contribution is 2.21. The van der Waals surface area contributed by atoms with Gasteiger partial charge in [0.15, 0.2) is 5.76 Å². The highest BCUT2D eigenvalue weighted by molar-refractivity contribution is 6.04. The van der Waals surface area contributed by atoms with Gasteiger partial charge >= 0.3 is 0 Å². The van der Waals surface area contributed by atoms with Crippen molar-refractivity contribution in [2.24, 2.45) is 0 Å². The first kappa shape index (κ1) is 20.5. The fourth-order valence-electron chi connectivity index (χ4n) is 3.84. The van der Waals surface area contributed by atoms with Gasteiger partial charge in [-0.1, -0.05) is 42.5 Å². The third-order valence-electron chi connectivity index (χ3n) is 5.45. The van der Waals surface area contributed by atoms with Crippen molar-refractivity contribution in [3.63, 3.8) is 0 Å². The number of rotatable bonds is 6. The third kappa shape index (κ3) is 4.21. The minimum atomic E-state index is -0.324. The maximum atomic E-state index is 12.6. The average Bonchev–Trinajstić information content (AvgIpc) is 3.41. The van der Waals surface area contributed by atoms with Crippen molar-refractivity contribution < 1.29 is 14.0 Å². The van der Waals surface area contributed by atoms with Crippen molar-refractivity contribution in [1.82, 2.24) is 9.55 Å². The fourth-order valence-corrected chi connectivity index (χ4v) is 3.84. The third-order valence-corrected chi connectivity index (χ3v) is 5.45. The second kappa shape index (κ2) is 8.63. The Morgan fingerprint density at radius 1 is 0.939 bits per heavy atom. The summed E-state index contributed by atoms with van der Waals surface area (Å²) in [5, 5.41) is 6.61. The van der Waals surface area contributed by atoms with Gasteiger partial charge in [0, 0.05) is 17.6 Å². The molecule has 0 fully saturated rings. The number of furan rings is 1. The van der Waals surface area contributed by atoms with Gasteiger partial charge < -0.3 is 14.3 Å². The van der Waals surface area contributed by atoms with Gasteiger partial charge in [-0.3, -0.25) is 14.9 Å². The lowest BCUT2D eigenvalue weighted by Crippen LogP contribution is -2.17. The number of carbonyl (C=O) groups is 2. The predicted octanol–water partition coefficient (Wildman–Crippen LogP) is 5.24. The van der Waals surface area contributed by atoms with Crippen LogP contribution in [0.4, 0.5) is 11.6 Å². The van der Waals surface area contributed by atoms with Gasteiger partial charge in [0.2, 0.25) is 11.9 Å². The molecule has 0 spiro atoms. The lowest BCUT2D eigenvalue weighted by Gasteiger charge is -2.08. The van der Waals surface area contributed by atoms with E-state index >= 15 is 0 Å². The van der Waals surface area contributed by atoms with E-state index in [1.165, 1.54) is 0 Å². The van der Waals surface area contributed by atoms with Crippen LogP contribution in [0.5, 0.6) is 0 Å². The SMILES string of the molecule is CCn1c(NC(=O)Cc2ccc(NC(=O)c3cc4ccccc4o3)cc2)nc2ccccc21. The maximum Gasteiger partial charge on any atom is 0.291 e. The van der Waals surface area contributed by atoms with Crippen molar-refractivity contribution >= 4 is 45.5 Å². The summed E-state index contributed by atoms with van der Waals surface area (Å²) in [4.78, 5) is 29.6. The van der Waals surface area contributed by atoms with Crippen molar-refractivity contribution in [2.45, 2.75) is 19.9 Å². The monoisotopic (exact) mass is 438 g/mol. The molecule has 2 amide bonds. The molecule has 5 aromatic rings. The standard InChI is InChI=1S/C26H22N4O3/c1-2-30-21-9-5-4-8-20(21)28-26(30)29-24(31)15-17-11-13-19(14-12-17)27-25(32)23-16-18-7-3-6-10-22(18)33-23/h3-14,16H,2,15H2,1H3,(H,27,32)(H,28,29,31). The molecule has 2 heterocycles. The van der Waals surface area contributed by atoms with E-state index < -0.39 is 0 Å². The number of nitrogens with zero attached hydrogens (tertiary/aromatic N) is 2. The molecule has 0 saturated carbocycles. The lowest BCUT2D eigenvalue weighted by atomic mass is 10.1. The summed E-state index contributed by atoms with van der Waals surface area (Å²) in [6.07, 6.45) is 0.199. The molecule has 2 aromatic heterocycles. The first-order valence-electron chi connectivity index (χ1n) is 10.7. The van der Waals surface area contributed by atoms with E-state index in [0.717, 1.165) is 22.0 Å². The van der Waals surface area contributed by atoms with E-state index in [1.54, 1.807) is 18.2 Å². The summed E-state index contributed by atoms with van der Waals surface area (Å²) < 4.78 is 7.58. The number of nitrogens with one attached hydrogen (secondary N) is 2. The molecule has 3 aromatic carbocycles. The van der Waals surface area contributed by atoms with Crippen LogP contribution >= 0.6 is 0 Å². The van der Waals surface area contributed by atoms with Gasteiger partial charge in [0.1, 0.15) is 5.58 Å². The summed E-state index contributed by atoms with van der Waals surface area (Å²) in [6.45, 7) is 2.72. The number of aromatic nitrogens is 2. The molecule has 33 heavy (non-hydrogen) atoms. The van der Waals surface area contributed by atoms with Crippen LogP contribution in [0.25, 0.3) is 22.0 Å². The summed E-state index contributed by atoms with van der Waals surface area (Å²) in [5.74, 6) is 0.311. The first-order valence-corrected chi connectivity index (χ1v) is 10.7. The fraction of sp³-hybridized carbons (Fsp3) is 0.115. The normalized spacial score (nSPS) is 11.1. The number of aryl methyl sites for hydroxylation is 1. The molecule has 0 aliphatic carbocycles. The molecule has 0 aliphatic heterocycles. The zero-order valence-electron chi connectivity index (χ0n) is 18.0. The van der Waals surface area contributed by atoms with E-state index in [9.17, 15) is 9.59 Å². The van der Waals surface area contributed by atoms with Crippen LogP contribution in [0.3, 0.4) is 0 Å². The minimum absolute atomic E-state index is 0.154. The van der Waals surface area contributed by atoms with Gasteiger partial charge in [-0.2, -0.15) is 0 Å². The quantitative estimate of drug-likeness (QED) is 0.380. The average molecular weight is 438 g/mol. The summed E-state index contributed by atoms with van der Waals surface area (Å²) in [6, 6.07) is 24.1. The Balaban J connectivity index is 1.23. The van der Waals surface area contributed by atoms with Crippen molar-refractivity contribution in [2.75, 3.05) is 10.6 Å². The van der Waals surface area contributed by atoms with Crippen LogP contribution in [-0.4, -0.2) is 21.4 Å². The molecule has 5 rings (SSSR count). The Labute approximate surface area is 190 Å². The Bertz CT molecular complexity index is 1430. The molecule has 0 unspecified atom stereocenters. The van der Waals surface area contributed by atoms with Crippen molar-refractivity contribution in [3.05, 3.63) is 90.2 Å². The number of carbonyl (C=O) groups excluding carboxylic acids is 2. The molecular weight excluding hydrogens is 416 g/mol. The molecule has 0 bridgehead atoms. The van der Waals surface area contributed by atoms with Crippen LogP contribution in [0.1, 0.15) is 23.0 Å². The number of imidazole rings is 1. The molecular formula is C26H22N4O3. The molecule has 7 heteroatoms. The number of hydrogen-bond acceptors (Lipinski definition) is 4. The van der Waals surface area contributed by atoms with E-state index in [0.29, 0.717) is 23.8 Å². The number of amides is 2. The molecule has 0 radical (unpaired) electrons. The van der Waals surface area contributed by atoms with E-state index in [-0.39, 0.29) is 24.0 Å². The molecule has 0 aliphatic rings. The molecule has 7 nitrogen and oxygen atoms in total. The lowest BCUT2D eigenvalue weighted by molar-refractivity contribution is -0.115. The molecule has 2 N–H and O–H groups in total. The van der Waals surface area contributed by atoms with Gasteiger partial charge in [-0.05, 0) is 48.9 Å². The number of fused-ring (bicyclic) bond motifs is 2. The molecule has 164 valence electrons. The zero-order chi connectivity index (χ0) is 22.8. The summed E-state index contributed by atoms with van der Waals surface area (Å²) >= 11 is 0. The Morgan fingerprint density at radius 3 is 2.48 bits per heavy atom. The Morgan fingerprint density at radius 2 is 1.70 bits per heavy atom. The predicted molar refractivity (Wildman–Crippen MR) is 128 cm³/mol. The number of hydrogen-bond donors (Lipinski definition) is 2. The van der Waals surface area contributed by atoms with E-state index in [1.807, 2.05) is 72.2 Å². The van der Waals surface area contributed by atoms with Gasteiger partial charge in [-0.25, -0.2) is 4.98 Å². The van der Waals surface area contributed by atoms with Crippen LogP contribution < -0.4 is 10.6 Å². The smallest absolute Gasteiger partial charge is 0.291 e. The number of benzene rings is 3. The van der Waals surface area contributed by atoms with Crippen molar-refractivity contribution in [3.8, 4) is 0 Å². The zero-order valence-corrected chi connectivity index (χ0v) is 18.0. The van der Waals surface area contributed by atoms with Crippen LogP contribution in [0, 0.1) is 0 Å². The maximum absolute atomic E-state index is 12.6. The number of anilines is 2. The van der Waals surface area contributed by atoms with E-state index in [2.05, 4.69) is 15.6 Å². The Hall–Kier alpha value is -4.39. The summed E-state index contributed by atoms with van der Waals surface area (Å²) in [5.41, 5.74) is 3.95. The van der Waals surface area contributed by atoms with Gasteiger partial charge in [0.25, 0.3) is 5.91 Å². The molecule has 0 saturated heterocycles. The van der Waals surface area contributed by atoms with Gasteiger partial charge in [0.05, 0.1) is 17.5 Å². The topological polar surface area (TPSA) is 89.2 Å². The molecule has 0 atom stereocenters. The summed E-state index contributed by atoms with van der Waals surface area (Å²) in [7, 11) is 0. The number of para-hydroxylation sites is 3. The largest absolute Gasteiger partial charge is 0.451 e. The van der Waals surface area contributed by atoms with E-state index in [4.69, 9.17) is 4.42 Å². The van der Waals surface area contributed by atoms with Crippen LogP contribution in [0.15, 0.2) is 83.3 Å². The van der Waals surface area contributed by atoms with Crippen molar-refractivity contribution in [1.29, 1.82) is 0 Å². The second-order valence-electron chi connectivity index (χ2n) is 7.69. The highest BCUT2D eigenvalue weighted by Gasteiger charge is 2.14.